The van der Waals surface area contributed by atoms with E-state index in [1.807, 2.05) is 25.3 Å². The molecule has 0 saturated carbocycles. The van der Waals surface area contributed by atoms with E-state index in [2.05, 4.69) is 13.8 Å². The molecular formula is C22H30N2O4S. The normalized spacial score (nSPS) is 11.0. The lowest BCUT2D eigenvalue weighted by Gasteiger charge is -2.22. The Morgan fingerprint density at radius 2 is 1.93 bits per heavy atom. The lowest BCUT2D eigenvalue weighted by molar-refractivity contribution is 0.0587. The Morgan fingerprint density at radius 1 is 1.24 bits per heavy atom. The highest BCUT2D eigenvalue weighted by molar-refractivity contribution is 7.12. The van der Waals surface area contributed by atoms with E-state index in [-0.39, 0.29) is 18.2 Å². The van der Waals surface area contributed by atoms with Crippen LogP contribution in [0.1, 0.15) is 69.0 Å². The van der Waals surface area contributed by atoms with Crippen molar-refractivity contribution in [3.8, 4) is 0 Å². The van der Waals surface area contributed by atoms with Gasteiger partial charge in [0.05, 0.1) is 18.5 Å². The predicted molar refractivity (Wildman–Crippen MR) is 115 cm³/mol. The summed E-state index contributed by atoms with van der Waals surface area (Å²) in [5.74, 6) is -0.337. The van der Waals surface area contributed by atoms with Crippen molar-refractivity contribution in [3.63, 3.8) is 0 Å². The number of Topliss-reactive ketones (excluding diaryl/α,β-unsaturated/α-hetero) is 1. The highest BCUT2D eigenvalue weighted by Crippen LogP contribution is 2.24. The standard InChI is InChI=1S/C22H30N2O4S/c1-7-24-16(5)19(15(4)20(24)22(27)28-6)17(25)13-23(11-10-14(2)3)21(26)18-9-8-12-29-18/h8-9,12,14H,7,10-11,13H2,1-6H3. The van der Waals surface area contributed by atoms with Crippen LogP contribution in [0.4, 0.5) is 0 Å². The van der Waals surface area contributed by atoms with E-state index in [1.54, 1.807) is 22.5 Å². The van der Waals surface area contributed by atoms with Crippen LogP contribution in [0.15, 0.2) is 17.5 Å². The first-order chi connectivity index (χ1) is 13.7. The van der Waals surface area contributed by atoms with Crippen molar-refractivity contribution in [2.75, 3.05) is 20.2 Å². The Balaban J connectivity index is 2.37. The van der Waals surface area contributed by atoms with Crippen LogP contribution in [0.2, 0.25) is 0 Å². The Morgan fingerprint density at radius 3 is 2.45 bits per heavy atom. The number of thiophene rings is 1. The summed E-state index contributed by atoms with van der Waals surface area (Å²) in [4.78, 5) is 40.7. The van der Waals surface area contributed by atoms with Gasteiger partial charge in [0.1, 0.15) is 5.69 Å². The summed E-state index contributed by atoms with van der Waals surface area (Å²) in [5, 5.41) is 1.86. The third-order valence-corrected chi connectivity index (χ3v) is 5.93. The Kier molecular flexibility index (Phi) is 7.79. The molecule has 0 aliphatic heterocycles. The van der Waals surface area contributed by atoms with Crippen molar-refractivity contribution in [2.24, 2.45) is 5.92 Å². The summed E-state index contributed by atoms with van der Waals surface area (Å²) in [6.07, 6.45) is 0.811. The highest BCUT2D eigenvalue weighted by Gasteiger charge is 2.28. The quantitative estimate of drug-likeness (QED) is 0.449. The Hall–Kier alpha value is -2.41. The lowest BCUT2D eigenvalue weighted by atomic mass is 10.0. The fraction of sp³-hybridized carbons (Fsp3) is 0.500. The molecule has 2 aromatic heterocycles. The van der Waals surface area contributed by atoms with Crippen LogP contribution in [-0.2, 0) is 11.3 Å². The number of esters is 1. The van der Waals surface area contributed by atoms with Gasteiger partial charge in [-0.15, -0.1) is 11.3 Å². The van der Waals surface area contributed by atoms with E-state index in [9.17, 15) is 14.4 Å². The van der Waals surface area contributed by atoms with Gasteiger partial charge in [0, 0.05) is 24.3 Å². The number of ketones is 1. The molecule has 0 saturated heterocycles. The number of nitrogens with zero attached hydrogens (tertiary/aromatic N) is 2. The lowest BCUT2D eigenvalue weighted by Crippen LogP contribution is -2.37. The van der Waals surface area contributed by atoms with Gasteiger partial charge in [-0.2, -0.15) is 0 Å². The van der Waals surface area contributed by atoms with E-state index >= 15 is 0 Å². The van der Waals surface area contributed by atoms with Crippen LogP contribution in [0, 0.1) is 19.8 Å². The molecule has 0 N–H and O–H groups in total. The summed E-state index contributed by atoms with van der Waals surface area (Å²) in [5.41, 5.74) is 2.23. The number of ether oxygens (including phenoxy) is 1. The van der Waals surface area contributed by atoms with Crippen molar-refractivity contribution >= 4 is 29.0 Å². The number of rotatable bonds is 9. The number of aromatic nitrogens is 1. The van der Waals surface area contributed by atoms with Gasteiger partial charge in [-0.25, -0.2) is 4.79 Å². The van der Waals surface area contributed by atoms with Crippen molar-refractivity contribution in [3.05, 3.63) is 44.9 Å². The molecule has 0 aromatic carbocycles. The zero-order chi connectivity index (χ0) is 21.7. The first kappa shape index (κ1) is 22.9. The molecule has 0 bridgehead atoms. The third-order valence-electron chi connectivity index (χ3n) is 5.07. The molecule has 0 aliphatic carbocycles. The predicted octanol–water partition coefficient (Wildman–Crippen LogP) is 4.34. The SMILES string of the molecule is CCn1c(C)c(C(=O)CN(CCC(C)C)C(=O)c2cccs2)c(C)c1C(=O)OC. The van der Waals surface area contributed by atoms with E-state index in [4.69, 9.17) is 4.74 Å². The molecule has 1 amide bonds. The topological polar surface area (TPSA) is 68.6 Å². The number of hydrogen-bond acceptors (Lipinski definition) is 5. The van der Waals surface area contributed by atoms with Crippen molar-refractivity contribution in [2.45, 2.75) is 47.6 Å². The second kappa shape index (κ2) is 9.87. The van der Waals surface area contributed by atoms with Gasteiger partial charge >= 0.3 is 5.97 Å². The summed E-state index contributed by atoms with van der Waals surface area (Å²) in [7, 11) is 1.33. The molecule has 6 nitrogen and oxygen atoms in total. The van der Waals surface area contributed by atoms with E-state index < -0.39 is 5.97 Å². The van der Waals surface area contributed by atoms with Crippen LogP contribution < -0.4 is 0 Å². The second-order valence-electron chi connectivity index (χ2n) is 7.48. The summed E-state index contributed by atoms with van der Waals surface area (Å²) < 4.78 is 6.71. The molecule has 0 fully saturated rings. The largest absolute Gasteiger partial charge is 0.464 e. The molecule has 0 atom stereocenters. The number of carbonyl (C=O) groups is 3. The fourth-order valence-corrected chi connectivity index (χ4v) is 4.23. The van der Waals surface area contributed by atoms with Crippen molar-refractivity contribution in [1.29, 1.82) is 0 Å². The average Bonchev–Trinajstić information content (AvgIpc) is 3.30. The third kappa shape index (κ3) is 4.96. The van der Waals surface area contributed by atoms with E-state index in [0.29, 0.717) is 40.7 Å². The summed E-state index contributed by atoms with van der Waals surface area (Å²) in [6, 6.07) is 3.61. The molecule has 2 heterocycles. The van der Waals surface area contributed by atoms with Crippen LogP contribution in [0.25, 0.3) is 0 Å². The fourth-order valence-electron chi connectivity index (χ4n) is 3.54. The van der Waals surface area contributed by atoms with Gasteiger partial charge in [0.25, 0.3) is 5.91 Å². The maximum Gasteiger partial charge on any atom is 0.354 e. The first-order valence-corrected chi connectivity index (χ1v) is 10.7. The van der Waals surface area contributed by atoms with Crippen LogP contribution in [0.3, 0.4) is 0 Å². The van der Waals surface area contributed by atoms with E-state index in [1.165, 1.54) is 18.4 Å². The van der Waals surface area contributed by atoms with Gasteiger partial charge in [0.15, 0.2) is 5.78 Å². The molecule has 2 aromatic rings. The second-order valence-corrected chi connectivity index (χ2v) is 8.43. The van der Waals surface area contributed by atoms with Crippen LogP contribution >= 0.6 is 11.3 Å². The molecule has 0 spiro atoms. The molecule has 0 aliphatic rings. The molecule has 29 heavy (non-hydrogen) atoms. The molecule has 2 rings (SSSR count). The van der Waals surface area contributed by atoms with Gasteiger partial charge in [-0.05, 0) is 50.1 Å². The highest BCUT2D eigenvalue weighted by atomic mass is 32.1. The van der Waals surface area contributed by atoms with Crippen molar-refractivity contribution < 1.29 is 19.1 Å². The zero-order valence-corrected chi connectivity index (χ0v) is 18.9. The molecule has 0 unspecified atom stereocenters. The monoisotopic (exact) mass is 418 g/mol. The van der Waals surface area contributed by atoms with Gasteiger partial charge in [0.2, 0.25) is 0 Å². The smallest absolute Gasteiger partial charge is 0.354 e. The number of hydrogen-bond donors (Lipinski definition) is 0. The van der Waals surface area contributed by atoms with Gasteiger partial charge in [-0.1, -0.05) is 19.9 Å². The van der Waals surface area contributed by atoms with Gasteiger partial charge < -0.3 is 14.2 Å². The van der Waals surface area contributed by atoms with Gasteiger partial charge in [-0.3, -0.25) is 9.59 Å². The number of methoxy groups -OCH3 is 1. The Labute approximate surface area is 176 Å². The minimum Gasteiger partial charge on any atom is -0.464 e. The molecule has 7 heteroatoms. The van der Waals surface area contributed by atoms with Crippen LogP contribution in [-0.4, -0.2) is 47.3 Å². The summed E-state index contributed by atoms with van der Waals surface area (Å²) >= 11 is 1.37. The van der Waals surface area contributed by atoms with E-state index in [0.717, 1.165) is 12.1 Å². The maximum atomic E-state index is 13.3. The first-order valence-electron chi connectivity index (χ1n) is 9.86. The molecular weight excluding hydrogens is 388 g/mol. The number of amides is 1. The van der Waals surface area contributed by atoms with Crippen molar-refractivity contribution in [1.82, 2.24) is 9.47 Å². The maximum absolute atomic E-state index is 13.3. The zero-order valence-electron chi connectivity index (χ0n) is 18.1. The minimum atomic E-state index is -0.460. The van der Waals surface area contributed by atoms with Crippen LogP contribution in [0.5, 0.6) is 0 Å². The Bertz CT molecular complexity index is 881. The minimum absolute atomic E-state index is 0.0144. The average molecular weight is 419 g/mol. The molecule has 0 radical (unpaired) electrons. The summed E-state index contributed by atoms with van der Waals surface area (Å²) in [6.45, 7) is 10.7. The number of carbonyl (C=O) groups excluding carboxylic acids is 3. The molecule has 158 valence electrons.